The summed E-state index contributed by atoms with van der Waals surface area (Å²) in [7, 11) is 3.69. The van der Waals surface area contributed by atoms with E-state index in [0.29, 0.717) is 11.3 Å². The highest BCUT2D eigenvalue weighted by atomic mass is 33.1. The Hall–Kier alpha value is 0.750. The lowest BCUT2D eigenvalue weighted by atomic mass is 10.0. The first-order chi connectivity index (χ1) is 4.88. The van der Waals surface area contributed by atoms with E-state index in [1.165, 1.54) is 23.6 Å². The van der Waals surface area contributed by atoms with Crippen molar-refractivity contribution in [3.63, 3.8) is 0 Å². The predicted octanol–water partition coefficient (Wildman–Crippen LogP) is 2.03. The van der Waals surface area contributed by atoms with Crippen LogP contribution in [0.5, 0.6) is 0 Å². The van der Waals surface area contributed by atoms with Crippen LogP contribution >= 0.6 is 33.8 Å². The molecule has 2 aliphatic rings. The Kier molecular flexibility index (Phi) is 2.23. The van der Waals surface area contributed by atoms with Crippen LogP contribution in [0.2, 0.25) is 0 Å². The molecule has 0 aromatic carbocycles. The number of nitrogens with one attached hydrogen (secondary N) is 1. The van der Waals surface area contributed by atoms with Gasteiger partial charge in [0.2, 0.25) is 0 Å². The number of rotatable bonds is 0. The van der Waals surface area contributed by atoms with E-state index < -0.39 is 0 Å². The highest BCUT2D eigenvalue weighted by molar-refractivity contribution is 8.84. The average Bonchev–Trinajstić information content (AvgIpc) is 2.34. The number of fused-ring (bicyclic) bond motifs is 1. The minimum Gasteiger partial charge on any atom is -0.304 e. The second-order valence-electron chi connectivity index (χ2n) is 2.62. The van der Waals surface area contributed by atoms with Gasteiger partial charge in [0.15, 0.2) is 0 Å². The molecule has 56 valence electrons. The normalized spacial score (nSPS) is 39.8. The lowest BCUT2D eigenvalue weighted by molar-refractivity contribution is 0.439. The summed E-state index contributed by atoms with van der Waals surface area (Å²) in [6.07, 6.45) is 2.60. The predicted molar refractivity (Wildman–Crippen MR) is 52.3 cm³/mol. The van der Waals surface area contributed by atoms with E-state index in [0.717, 1.165) is 0 Å². The molecule has 1 N–H and O–H groups in total. The molecule has 0 aliphatic carbocycles. The molecule has 10 heavy (non-hydrogen) atoms. The van der Waals surface area contributed by atoms with E-state index in [1.54, 1.807) is 10.8 Å². The highest BCUT2D eigenvalue weighted by Gasteiger charge is 2.34. The van der Waals surface area contributed by atoms with E-state index in [1.807, 2.05) is 10.8 Å². The molecule has 2 atom stereocenters. The molecular formula is C6H9NS3. The SMILES string of the molecule is S=C1SSC2NCCCC12. The maximum Gasteiger partial charge on any atom is 0.0723 e. The molecule has 2 aliphatic heterocycles. The van der Waals surface area contributed by atoms with Gasteiger partial charge in [0.25, 0.3) is 0 Å². The van der Waals surface area contributed by atoms with Crippen LogP contribution in [-0.2, 0) is 0 Å². The average molecular weight is 191 g/mol. The van der Waals surface area contributed by atoms with Gasteiger partial charge < -0.3 is 5.32 Å². The van der Waals surface area contributed by atoms with Crippen molar-refractivity contribution in [2.75, 3.05) is 6.54 Å². The van der Waals surface area contributed by atoms with E-state index in [4.69, 9.17) is 12.2 Å². The van der Waals surface area contributed by atoms with Crippen molar-refractivity contribution in [3.05, 3.63) is 0 Å². The van der Waals surface area contributed by atoms with Crippen molar-refractivity contribution in [1.82, 2.24) is 5.32 Å². The van der Waals surface area contributed by atoms with Gasteiger partial charge in [0, 0.05) is 5.92 Å². The summed E-state index contributed by atoms with van der Waals surface area (Å²) in [6, 6.07) is 0. The van der Waals surface area contributed by atoms with Gasteiger partial charge in [-0.05, 0) is 30.2 Å². The Labute approximate surface area is 74.1 Å². The van der Waals surface area contributed by atoms with Crippen LogP contribution in [0.25, 0.3) is 0 Å². The van der Waals surface area contributed by atoms with Crippen LogP contribution < -0.4 is 5.32 Å². The zero-order valence-corrected chi connectivity index (χ0v) is 7.95. The zero-order valence-electron chi connectivity index (χ0n) is 5.50. The first-order valence-electron chi connectivity index (χ1n) is 3.48. The maximum atomic E-state index is 5.22. The molecule has 0 saturated carbocycles. The van der Waals surface area contributed by atoms with E-state index in [2.05, 4.69) is 5.32 Å². The number of piperidine rings is 1. The summed E-state index contributed by atoms with van der Waals surface area (Å²) < 4.78 is 1.21. The van der Waals surface area contributed by atoms with Gasteiger partial charge >= 0.3 is 0 Å². The number of thiocarbonyl (C=S) groups is 1. The van der Waals surface area contributed by atoms with Crippen molar-refractivity contribution in [2.24, 2.45) is 5.92 Å². The van der Waals surface area contributed by atoms with Crippen LogP contribution in [0.15, 0.2) is 0 Å². The Morgan fingerprint density at radius 1 is 1.60 bits per heavy atom. The zero-order chi connectivity index (χ0) is 6.97. The summed E-state index contributed by atoms with van der Waals surface area (Å²) in [5, 5.41) is 4.10. The van der Waals surface area contributed by atoms with E-state index >= 15 is 0 Å². The molecule has 0 aromatic heterocycles. The molecule has 0 amide bonds. The largest absolute Gasteiger partial charge is 0.304 e. The molecule has 0 spiro atoms. The Bertz CT molecular complexity index is 159. The molecule has 2 fully saturated rings. The molecule has 0 aromatic rings. The van der Waals surface area contributed by atoms with Gasteiger partial charge in [0.05, 0.1) is 9.57 Å². The molecule has 2 unspecified atom stereocenters. The Morgan fingerprint density at radius 2 is 2.50 bits per heavy atom. The molecule has 2 rings (SSSR count). The molecule has 4 heteroatoms. The van der Waals surface area contributed by atoms with E-state index in [-0.39, 0.29) is 0 Å². The molecule has 2 heterocycles. The Balaban J connectivity index is 2.08. The third-order valence-corrected chi connectivity index (χ3v) is 5.52. The summed E-state index contributed by atoms with van der Waals surface area (Å²) in [6.45, 7) is 1.18. The summed E-state index contributed by atoms with van der Waals surface area (Å²) in [4.78, 5) is 0. The van der Waals surface area contributed by atoms with Crippen molar-refractivity contribution in [3.8, 4) is 0 Å². The topological polar surface area (TPSA) is 12.0 Å². The molecule has 1 nitrogen and oxygen atoms in total. The lowest BCUT2D eigenvalue weighted by Gasteiger charge is -2.23. The number of hydrogen-bond donors (Lipinski definition) is 1. The fourth-order valence-corrected chi connectivity index (χ4v) is 4.88. The second kappa shape index (κ2) is 3.01. The minimum absolute atomic E-state index is 0.631. The van der Waals surface area contributed by atoms with Crippen LogP contribution in [0, 0.1) is 5.92 Å². The summed E-state index contributed by atoms with van der Waals surface area (Å²) in [5.74, 6) is 0.679. The van der Waals surface area contributed by atoms with Crippen LogP contribution in [-0.4, -0.2) is 16.1 Å². The van der Waals surface area contributed by atoms with Crippen LogP contribution in [0.3, 0.4) is 0 Å². The van der Waals surface area contributed by atoms with Crippen molar-refractivity contribution in [2.45, 2.75) is 18.2 Å². The van der Waals surface area contributed by atoms with Gasteiger partial charge in [-0.25, -0.2) is 0 Å². The third-order valence-electron chi connectivity index (χ3n) is 1.94. The van der Waals surface area contributed by atoms with Gasteiger partial charge in [-0.3, -0.25) is 0 Å². The first kappa shape index (κ1) is 7.40. The quantitative estimate of drug-likeness (QED) is 0.464. The summed E-state index contributed by atoms with van der Waals surface area (Å²) >= 11 is 5.22. The fourth-order valence-electron chi connectivity index (χ4n) is 1.36. The molecule has 0 radical (unpaired) electrons. The van der Waals surface area contributed by atoms with Crippen LogP contribution in [0.1, 0.15) is 12.8 Å². The minimum atomic E-state index is 0.631. The highest BCUT2D eigenvalue weighted by Crippen LogP contribution is 2.45. The van der Waals surface area contributed by atoms with Crippen LogP contribution in [0.4, 0.5) is 0 Å². The lowest BCUT2D eigenvalue weighted by Crippen LogP contribution is -2.37. The second-order valence-corrected chi connectivity index (χ2v) is 5.70. The standard InChI is InChI=1S/C6H9NS3/c8-6-4-2-1-3-7-5(4)9-10-6/h4-5,7H,1-3H2. The van der Waals surface area contributed by atoms with Gasteiger partial charge in [-0.1, -0.05) is 23.0 Å². The third kappa shape index (κ3) is 1.22. The van der Waals surface area contributed by atoms with Gasteiger partial charge in [-0.15, -0.1) is 0 Å². The van der Waals surface area contributed by atoms with Crippen molar-refractivity contribution >= 4 is 38.0 Å². The van der Waals surface area contributed by atoms with Gasteiger partial charge in [-0.2, -0.15) is 0 Å². The summed E-state index contributed by atoms with van der Waals surface area (Å²) in [5.41, 5.74) is 0. The monoisotopic (exact) mass is 191 g/mol. The van der Waals surface area contributed by atoms with E-state index in [9.17, 15) is 0 Å². The smallest absolute Gasteiger partial charge is 0.0723 e. The first-order valence-corrected chi connectivity index (χ1v) is 6.10. The van der Waals surface area contributed by atoms with Crippen molar-refractivity contribution < 1.29 is 0 Å². The Morgan fingerprint density at radius 3 is 3.30 bits per heavy atom. The molecular weight excluding hydrogens is 182 g/mol. The molecule has 2 saturated heterocycles. The maximum absolute atomic E-state index is 5.22. The number of hydrogen-bond acceptors (Lipinski definition) is 4. The molecule has 0 bridgehead atoms. The van der Waals surface area contributed by atoms with Gasteiger partial charge in [0.1, 0.15) is 0 Å². The van der Waals surface area contributed by atoms with Crippen molar-refractivity contribution in [1.29, 1.82) is 0 Å². The fraction of sp³-hybridized carbons (Fsp3) is 0.833.